The van der Waals surface area contributed by atoms with Crippen LogP contribution in [0.2, 0.25) is 0 Å². The van der Waals surface area contributed by atoms with Gasteiger partial charge >= 0.3 is 5.97 Å². The normalized spacial score (nSPS) is 10.9. The van der Waals surface area contributed by atoms with Crippen molar-refractivity contribution >= 4 is 16.9 Å². The molecule has 0 radical (unpaired) electrons. The fraction of sp³-hybridized carbons (Fsp3) is 0.286. The fourth-order valence-corrected chi connectivity index (χ4v) is 1.98. The van der Waals surface area contributed by atoms with Crippen molar-refractivity contribution in [3.8, 4) is 5.88 Å². The van der Waals surface area contributed by atoms with Crippen molar-refractivity contribution < 1.29 is 14.6 Å². The largest absolute Gasteiger partial charge is 0.480 e. The third kappa shape index (κ3) is 2.01. The van der Waals surface area contributed by atoms with Crippen LogP contribution in [0, 0.1) is 0 Å². The van der Waals surface area contributed by atoms with Crippen LogP contribution in [0.3, 0.4) is 0 Å². The number of carboxylic acid groups (broad SMARTS) is 1. The molecule has 1 heterocycles. The van der Waals surface area contributed by atoms with Crippen LogP contribution in [-0.4, -0.2) is 23.2 Å². The lowest BCUT2D eigenvalue weighted by atomic mass is 9.99. The Morgan fingerprint density at radius 2 is 2.11 bits per heavy atom. The van der Waals surface area contributed by atoms with E-state index in [4.69, 9.17) is 9.84 Å². The average molecular weight is 245 g/mol. The number of carboxylic acids is 1. The van der Waals surface area contributed by atoms with Crippen molar-refractivity contribution in [2.45, 2.75) is 19.8 Å². The first-order valence-electron chi connectivity index (χ1n) is 5.75. The van der Waals surface area contributed by atoms with Gasteiger partial charge in [0.05, 0.1) is 12.6 Å². The van der Waals surface area contributed by atoms with E-state index in [-0.39, 0.29) is 11.4 Å². The number of pyridine rings is 1. The van der Waals surface area contributed by atoms with Gasteiger partial charge in [-0.2, -0.15) is 0 Å². The number of rotatable bonds is 3. The molecule has 4 heteroatoms. The van der Waals surface area contributed by atoms with Crippen LogP contribution in [0.4, 0.5) is 0 Å². The van der Waals surface area contributed by atoms with E-state index >= 15 is 0 Å². The number of para-hydroxylation sites is 1. The van der Waals surface area contributed by atoms with E-state index in [0.29, 0.717) is 5.92 Å². The molecule has 0 atom stereocenters. The summed E-state index contributed by atoms with van der Waals surface area (Å²) in [5.74, 6) is -0.555. The minimum absolute atomic E-state index is 0.0888. The molecule has 18 heavy (non-hydrogen) atoms. The lowest BCUT2D eigenvalue weighted by molar-refractivity contribution is 0.0692. The summed E-state index contributed by atoms with van der Waals surface area (Å²) < 4.78 is 5.06. The summed E-state index contributed by atoms with van der Waals surface area (Å²) in [4.78, 5) is 15.5. The SMILES string of the molecule is COc1nc2c(C(C)C)cccc2cc1C(=O)O. The number of carbonyl (C=O) groups is 1. The number of nitrogens with zero attached hydrogens (tertiary/aromatic N) is 1. The van der Waals surface area contributed by atoms with Crippen molar-refractivity contribution in [1.29, 1.82) is 0 Å². The minimum Gasteiger partial charge on any atom is -0.480 e. The van der Waals surface area contributed by atoms with Crippen molar-refractivity contribution in [3.05, 3.63) is 35.4 Å². The summed E-state index contributed by atoms with van der Waals surface area (Å²) in [6.07, 6.45) is 0. The van der Waals surface area contributed by atoms with E-state index in [1.54, 1.807) is 6.07 Å². The lowest BCUT2D eigenvalue weighted by Gasteiger charge is -2.11. The van der Waals surface area contributed by atoms with Gasteiger partial charge in [0, 0.05) is 5.39 Å². The molecule has 0 amide bonds. The Morgan fingerprint density at radius 1 is 1.39 bits per heavy atom. The zero-order valence-electron chi connectivity index (χ0n) is 10.6. The number of aromatic nitrogens is 1. The number of ether oxygens (including phenoxy) is 1. The van der Waals surface area contributed by atoms with Crippen molar-refractivity contribution in [2.75, 3.05) is 7.11 Å². The molecule has 0 bridgehead atoms. The van der Waals surface area contributed by atoms with E-state index in [1.807, 2.05) is 18.2 Å². The first kappa shape index (κ1) is 12.4. The van der Waals surface area contributed by atoms with E-state index in [0.717, 1.165) is 16.5 Å². The predicted molar refractivity (Wildman–Crippen MR) is 69.3 cm³/mol. The van der Waals surface area contributed by atoms with Gasteiger partial charge in [-0.05, 0) is 17.5 Å². The van der Waals surface area contributed by atoms with Crippen molar-refractivity contribution in [3.63, 3.8) is 0 Å². The van der Waals surface area contributed by atoms with Gasteiger partial charge in [-0.15, -0.1) is 0 Å². The van der Waals surface area contributed by atoms with Crippen molar-refractivity contribution in [1.82, 2.24) is 4.98 Å². The molecule has 4 nitrogen and oxygen atoms in total. The summed E-state index contributed by atoms with van der Waals surface area (Å²) in [5, 5.41) is 9.93. The Balaban J connectivity index is 2.78. The Bertz CT molecular complexity index is 605. The van der Waals surface area contributed by atoms with Gasteiger partial charge in [0.2, 0.25) is 5.88 Å². The highest BCUT2D eigenvalue weighted by atomic mass is 16.5. The van der Waals surface area contributed by atoms with Gasteiger partial charge in [-0.1, -0.05) is 32.0 Å². The van der Waals surface area contributed by atoms with Gasteiger partial charge in [0.25, 0.3) is 0 Å². The highest BCUT2D eigenvalue weighted by molar-refractivity contribution is 5.96. The third-order valence-electron chi connectivity index (χ3n) is 2.89. The summed E-state index contributed by atoms with van der Waals surface area (Å²) in [7, 11) is 1.43. The number of methoxy groups -OCH3 is 1. The second kappa shape index (κ2) is 4.64. The molecule has 0 spiro atoms. The average Bonchev–Trinajstić information content (AvgIpc) is 2.35. The maximum absolute atomic E-state index is 11.1. The molecule has 0 unspecified atom stereocenters. The fourth-order valence-electron chi connectivity index (χ4n) is 1.98. The molecule has 0 saturated heterocycles. The molecular weight excluding hydrogens is 230 g/mol. The molecule has 0 saturated carbocycles. The van der Waals surface area contributed by atoms with Gasteiger partial charge in [0.1, 0.15) is 5.56 Å². The van der Waals surface area contributed by atoms with Crippen LogP contribution in [0.1, 0.15) is 35.7 Å². The van der Waals surface area contributed by atoms with Crippen LogP contribution in [0.5, 0.6) is 5.88 Å². The highest BCUT2D eigenvalue weighted by Crippen LogP contribution is 2.28. The number of hydrogen-bond acceptors (Lipinski definition) is 3. The molecule has 2 rings (SSSR count). The number of benzene rings is 1. The molecule has 0 aliphatic rings. The maximum Gasteiger partial charge on any atom is 0.341 e. The minimum atomic E-state index is -1.03. The first-order chi connectivity index (χ1) is 8.54. The summed E-state index contributed by atoms with van der Waals surface area (Å²) in [5.41, 5.74) is 1.97. The molecule has 0 aliphatic carbocycles. The molecule has 1 aromatic heterocycles. The van der Waals surface area contributed by atoms with Crippen LogP contribution in [0.15, 0.2) is 24.3 Å². The topological polar surface area (TPSA) is 59.4 Å². The van der Waals surface area contributed by atoms with E-state index < -0.39 is 5.97 Å². The Morgan fingerprint density at radius 3 is 2.67 bits per heavy atom. The molecule has 0 fully saturated rings. The van der Waals surface area contributed by atoms with Crippen LogP contribution >= 0.6 is 0 Å². The van der Waals surface area contributed by atoms with Gasteiger partial charge < -0.3 is 9.84 Å². The zero-order chi connectivity index (χ0) is 13.3. The Kier molecular flexibility index (Phi) is 3.19. The molecule has 0 aliphatic heterocycles. The van der Waals surface area contributed by atoms with E-state index in [2.05, 4.69) is 18.8 Å². The van der Waals surface area contributed by atoms with E-state index in [9.17, 15) is 4.79 Å². The van der Waals surface area contributed by atoms with Gasteiger partial charge in [-0.25, -0.2) is 9.78 Å². The first-order valence-corrected chi connectivity index (χ1v) is 5.75. The smallest absolute Gasteiger partial charge is 0.341 e. The maximum atomic E-state index is 11.1. The Hall–Kier alpha value is -2.10. The van der Waals surface area contributed by atoms with Crippen molar-refractivity contribution in [2.24, 2.45) is 0 Å². The predicted octanol–water partition coefficient (Wildman–Crippen LogP) is 3.07. The standard InChI is InChI=1S/C14H15NO3/c1-8(2)10-6-4-5-9-7-11(14(16)17)13(18-3)15-12(9)10/h4-8H,1-3H3,(H,16,17). The molecule has 1 aromatic carbocycles. The van der Waals surface area contributed by atoms with E-state index in [1.165, 1.54) is 7.11 Å². The third-order valence-corrected chi connectivity index (χ3v) is 2.89. The summed E-state index contributed by atoms with van der Waals surface area (Å²) in [6.45, 7) is 4.15. The van der Waals surface area contributed by atoms with Gasteiger partial charge in [-0.3, -0.25) is 0 Å². The zero-order valence-corrected chi connectivity index (χ0v) is 10.6. The number of aromatic carboxylic acids is 1. The Labute approximate surface area is 105 Å². The second-order valence-corrected chi connectivity index (χ2v) is 4.42. The highest BCUT2D eigenvalue weighted by Gasteiger charge is 2.16. The quantitative estimate of drug-likeness (QED) is 0.902. The van der Waals surface area contributed by atoms with Crippen LogP contribution < -0.4 is 4.74 Å². The lowest BCUT2D eigenvalue weighted by Crippen LogP contribution is -2.04. The molecule has 2 aromatic rings. The molecule has 1 N–H and O–H groups in total. The summed E-state index contributed by atoms with van der Waals surface area (Å²) >= 11 is 0. The molecular formula is C14H15NO3. The monoisotopic (exact) mass is 245 g/mol. The van der Waals surface area contributed by atoms with Crippen LogP contribution in [-0.2, 0) is 0 Å². The van der Waals surface area contributed by atoms with Gasteiger partial charge in [0.15, 0.2) is 0 Å². The second-order valence-electron chi connectivity index (χ2n) is 4.42. The summed E-state index contributed by atoms with van der Waals surface area (Å²) in [6, 6.07) is 7.38. The number of hydrogen-bond donors (Lipinski definition) is 1. The molecule has 94 valence electrons. The van der Waals surface area contributed by atoms with Crippen LogP contribution in [0.25, 0.3) is 10.9 Å². The number of fused-ring (bicyclic) bond motifs is 1.